The van der Waals surface area contributed by atoms with Crippen molar-refractivity contribution < 1.29 is 38.1 Å². The minimum atomic E-state index is -2.29. The van der Waals surface area contributed by atoms with Gasteiger partial charge in [-0.3, -0.25) is 9.59 Å². The van der Waals surface area contributed by atoms with E-state index >= 15 is 8.78 Å². The minimum Gasteiger partial charge on any atom is -0.390 e. The number of ketones is 2. The second-order valence-electron chi connectivity index (χ2n) is 13.7. The Morgan fingerprint density at radius 3 is 2.64 bits per heavy atom. The van der Waals surface area contributed by atoms with Gasteiger partial charge in [-0.2, -0.15) is 0 Å². The van der Waals surface area contributed by atoms with E-state index in [2.05, 4.69) is 17.4 Å². The summed E-state index contributed by atoms with van der Waals surface area (Å²) in [4.78, 5) is 25.9. The standard InChI is InChI=1S/C36H37F2NO6/c1-33-12-11-24(41)15-27(33)28(37)16-26-25-17-31-36(30(43)19-40,34(25,2)18-29(42)35(26,33)38)45-32(44-31)22-9-7-20(8-10-22)13-21-5-4-6-23(14-21)39-3/h6-12,14-15,25-26,28-29,31-32,39-40,42H,13,16-19H2,1-3H3/t25-,26-,28-,29-,31+,32-,33-,34-,35-,36+/m0/s1. The van der Waals surface area contributed by atoms with E-state index < -0.39 is 76.8 Å². The first kappa shape index (κ1) is 30.2. The molecule has 3 N–H and O–H groups in total. The molecule has 2 aromatic rings. The Morgan fingerprint density at radius 2 is 1.93 bits per heavy atom. The maximum Gasteiger partial charge on any atom is 0.193 e. The molecule has 1 heterocycles. The molecular weight excluding hydrogens is 580 g/mol. The highest BCUT2D eigenvalue weighted by atomic mass is 19.1. The van der Waals surface area contributed by atoms with Crippen LogP contribution in [0.2, 0.25) is 0 Å². The van der Waals surface area contributed by atoms with Crippen LogP contribution in [0.25, 0.3) is 0 Å². The predicted molar refractivity (Wildman–Crippen MR) is 160 cm³/mol. The highest BCUT2D eigenvalue weighted by molar-refractivity contribution is 6.01. The van der Waals surface area contributed by atoms with Gasteiger partial charge in [0.25, 0.3) is 0 Å². The molecule has 3 saturated carbocycles. The number of carbonyl (C=O) groups is 2. The molecule has 0 spiro atoms. The van der Waals surface area contributed by atoms with Gasteiger partial charge >= 0.3 is 0 Å². The number of aliphatic hydroxyl groups excluding tert-OH is 2. The highest BCUT2D eigenvalue weighted by Gasteiger charge is 2.80. The van der Waals surface area contributed by atoms with E-state index in [9.17, 15) is 19.8 Å². The van der Waals surface area contributed by atoms with E-state index in [1.54, 1.807) is 6.92 Å². The lowest BCUT2D eigenvalue weighted by Gasteiger charge is -2.63. The number of alkyl halides is 2. The number of nitrogens with one attached hydrogen (secondary N) is 1. The number of rotatable bonds is 6. The molecule has 0 aromatic heterocycles. The van der Waals surface area contributed by atoms with Crippen molar-refractivity contribution in [2.24, 2.45) is 22.7 Å². The van der Waals surface area contributed by atoms with Gasteiger partial charge < -0.3 is 25.0 Å². The Balaban J connectivity index is 1.20. The van der Waals surface area contributed by atoms with Crippen LogP contribution in [0.5, 0.6) is 0 Å². The molecule has 10 atom stereocenters. The highest BCUT2D eigenvalue weighted by Crippen LogP contribution is 2.72. The number of ether oxygens (including phenoxy) is 2. The van der Waals surface area contributed by atoms with Crippen LogP contribution in [0.4, 0.5) is 14.5 Å². The lowest BCUT2D eigenvalue weighted by atomic mass is 9.44. The maximum absolute atomic E-state index is 17.6. The summed E-state index contributed by atoms with van der Waals surface area (Å²) in [5, 5.41) is 24.9. The number of hydrogen-bond acceptors (Lipinski definition) is 7. The molecule has 2 aromatic carbocycles. The molecule has 45 heavy (non-hydrogen) atoms. The molecule has 9 heteroatoms. The van der Waals surface area contributed by atoms with Gasteiger partial charge in [-0.05, 0) is 61.5 Å². The molecule has 1 saturated heterocycles. The molecule has 7 rings (SSSR count). The zero-order valence-electron chi connectivity index (χ0n) is 25.5. The van der Waals surface area contributed by atoms with Crippen molar-refractivity contribution in [2.45, 2.75) is 75.5 Å². The van der Waals surface area contributed by atoms with E-state index in [-0.39, 0.29) is 24.8 Å². The van der Waals surface area contributed by atoms with Crippen molar-refractivity contribution >= 4 is 17.3 Å². The molecule has 7 nitrogen and oxygen atoms in total. The third-order valence-corrected chi connectivity index (χ3v) is 11.7. The SMILES string of the molecule is CNc1cc#cc(Cc2ccc([C@H]3O[C@@H]4C[C@H]5[C@@H]6C[C@H](F)C7=CC(=O)C=C[C@]7(C)[C@@]6(F)[C@@H](O)C[C@]5(C)[C@]4(C(=O)CO)O3)cc2)c1. The van der Waals surface area contributed by atoms with Gasteiger partial charge in [0.2, 0.25) is 0 Å². The van der Waals surface area contributed by atoms with Crippen molar-refractivity contribution in [2.75, 3.05) is 19.0 Å². The number of fused-ring (bicyclic) bond motifs is 7. The summed E-state index contributed by atoms with van der Waals surface area (Å²) in [6, 6.07) is 17.6. The zero-order valence-corrected chi connectivity index (χ0v) is 25.5. The fraction of sp³-hybridized carbons (Fsp3) is 0.500. The first-order chi connectivity index (χ1) is 21.4. The van der Waals surface area contributed by atoms with Crippen LogP contribution in [0.3, 0.4) is 0 Å². The van der Waals surface area contributed by atoms with E-state index in [0.29, 0.717) is 12.0 Å². The Hall–Kier alpha value is -3.42. The van der Waals surface area contributed by atoms with Gasteiger partial charge in [0.15, 0.2) is 29.1 Å². The lowest BCUT2D eigenvalue weighted by molar-refractivity contribution is -0.235. The fourth-order valence-corrected chi connectivity index (χ4v) is 9.44. The van der Waals surface area contributed by atoms with Gasteiger partial charge in [-0.15, -0.1) is 0 Å². The number of hydrogen-bond donors (Lipinski definition) is 3. The molecule has 0 bridgehead atoms. The molecule has 4 aliphatic carbocycles. The average Bonchev–Trinajstić information content (AvgIpc) is 3.53. The summed E-state index contributed by atoms with van der Waals surface area (Å²) >= 11 is 0. The third-order valence-electron chi connectivity index (χ3n) is 11.7. The number of aliphatic hydroxyl groups is 2. The summed E-state index contributed by atoms with van der Waals surface area (Å²) in [5.41, 5.74) is -3.01. The smallest absolute Gasteiger partial charge is 0.193 e. The molecule has 4 fully saturated rings. The van der Waals surface area contributed by atoms with Crippen LogP contribution in [0.15, 0.2) is 60.2 Å². The number of halogens is 2. The van der Waals surface area contributed by atoms with E-state index in [1.807, 2.05) is 43.4 Å². The van der Waals surface area contributed by atoms with Gasteiger partial charge in [-0.1, -0.05) is 49.4 Å². The van der Waals surface area contributed by atoms with E-state index in [1.165, 1.54) is 19.1 Å². The molecule has 0 unspecified atom stereocenters. The Bertz CT molecular complexity index is 1610. The van der Waals surface area contributed by atoms with Crippen LogP contribution < -0.4 is 5.32 Å². The second kappa shape index (κ2) is 10.3. The Kier molecular flexibility index (Phi) is 6.92. The quantitative estimate of drug-likeness (QED) is 0.437. The summed E-state index contributed by atoms with van der Waals surface area (Å²) in [6.07, 6.45) is -0.771. The molecule has 5 aliphatic rings. The van der Waals surface area contributed by atoms with Crippen LogP contribution in [-0.2, 0) is 25.5 Å². The van der Waals surface area contributed by atoms with Crippen molar-refractivity contribution in [3.05, 3.63) is 89.0 Å². The van der Waals surface area contributed by atoms with Crippen molar-refractivity contribution in [3.63, 3.8) is 0 Å². The average molecular weight is 618 g/mol. The van der Waals surface area contributed by atoms with Gasteiger partial charge in [0, 0.05) is 53.1 Å². The van der Waals surface area contributed by atoms with Crippen molar-refractivity contribution in [1.82, 2.24) is 0 Å². The minimum absolute atomic E-state index is 0.0394. The van der Waals surface area contributed by atoms with Crippen LogP contribution >= 0.6 is 0 Å². The van der Waals surface area contributed by atoms with Crippen LogP contribution in [0, 0.1) is 34.8 Å². The number of carbonyl (C=O) groups excluding carboxylic acids is 2. The van der Waals surface area contributed by atoms with Gasteiger partial charge in [0.05, 0.1) is 12.2 Å². The first-order valence-corrected chi connectivity index (χ1v) is 15.5. The van der Waals surface area contributed by atoms with Crippen molar-refractivity contribution in [1.29, 1.82) is 0 Å². The number of allylic oxidation sites excluding steroid dienone is 4. The second-order valence-corrected chi connectivity index (χ2v) is 13.7. The first-order valence-electron chi connectivity index (χ1n) is 15.5. The molecule has 1 aliphatic heterocycles. The molecule has 0 amide bonds. The third kappa shape index (κ3) is 4.02. The van der Waals surface area contributed by atoms with Gasteiger partial charge in [-0.25, -0.2) is 8.78 Å². The summed E-state index contributed by atoms with van der Waals surface area (Å²) in [5.74, 6) is -2.60. The summed E-state index contributed by atoms with van der Waals surface area (Å²) in [6.45, 7) is 2.49. The summed E-state index contributed by atoms with van der Waals surface area (Å²) in [7, 11) is 1.84. The van der Waals surface area contributed by atoms with Crippen molar-refractivity contribution in [3.8, 4) is 0 Å². The molecule has 236 valence electrons. The zero-order chi connectivity index (χ0) is 31.9. The lowest BCUT2D eigenvalue weighted by Crippen LogP contribution is -2.70. The molecule has 0 radical (unpaired) electrons. The summed E-state index contributed by atoms with van der Waals surface area (Å²) < 4.78 is 46.3. The Labute approximate surface area is 261 Å². The fourth-order valence-electron chi connectivity index (χ4n) is 9.44. The normalized spacial score (nSPS) is 41.3. The van der Waals surface area contributed by atoms with Gasteiger partial charge in [0.1, 0.15) is 12.8 Å². The predicted octanol–water partition coefficient (Wildman–Crippen LogP) is 4.56. The van der Waals surface area contributed by atoms with E-state index in [0.717, 1.165) is 22.9 Å². The molecular formula is C36H37F2NO6. The number of anilines is 1. The maximum atomic E-state index is 17.6. The number of Topliss-reactive ketones (excluding diaryl/α,β-unsaturated/α-hetero) is 1. The Morgan fingerprint density at radius 1 is 1.18 bits per heavy atom. The number of benzene rings is 1. The topological polar surface area (TPSA) is 105 Å². The van der Waals surface area contributed by atoms with Crippen LogP contribution in [0.1, 0.15) is 56.1 Å². The monoisotopic (exact) mass is 617 g/mol. The van der Waals surface area contributed by atoms with Crippen LogP contribution in [-0.4, -0.2) is 65.1 Å². The van der Waals surface area contributed by atoms with E-state index in [4.69, 9.17) is 9.47 Å². The largest absolute Gasteiger partial charge is 0.390 e.